The highest BCUT2D eigenvalue weighted by Crippen LogP contribution is 2.39. The van der Waals surface area contributed by atoms with Crippen molar-refractivity contribution >= 4 is 15.9 Å². The number of nitriles is 1. The Hall–Kier alpha value is -2.09. The number of alkyl halides is 1. The molecule has 3 rings (SSSR count). The number of amides is 1. The largest absolute Gasteiger partial charge is 0.323 e. The maximum absolute atomic E-state index is 13.6. The van der Waals surface area contributed by atoms with E-state index in [0.717, 1.165) is 25.0 Å². The van der Waals surface area contributed by atoms with Crippen molar-refractivity contribution < 1.29 is 22.0 Å². The first-order valence-corrected chi connectivity index (χ1v) is 11.9. The lowest BCUT2D eigenvalue weighted by Gasteiger charge is -2.33. The average molecular weight is 455 g/mol. The fourth-order valence-corrected chi connectivity index (χ4v) is 5.58. The molecule has 1 aromatic rings. The van der Waals surface area contributed by atoms with Crippen molar-refractivity contribution in [1.82, 2.24) is 14.9 Å². The summed E-state index contributed by atoms with van der Waals surface area (Å²) in [5.41, 5.74) is -0.390. The van der Waals surface area contributed by atoms with E-state index >= 15 is 0 Å². The predicted octanol–water partition coefficient (Wildman–Crippen LogP) is 1.96. The molecule has 5 atom stereocenters. The van der Waals surface area contributed by atoms with Crippen molar-refractivity contribution in [3.05, 3.63) is 30.1 Å². The topological polar surface area (TPSA) is 102 Å². The minimum atomic E-state index is -3.74. The Balaban J connectivity index is 1.55. The van der Waals surface area contributed by atoms with Gasteiger partial charge in [0.1, 0.15) is 18.0 Å². The van der Waals surface area contributed by atoms with E-state index in [2.05, 4.69) is 10.0 Å². The Bertz CT molecular complexity index is 950. The second-order valence-corrected chi connectivity index (χ2v) is 10.5. The van der Waals surface area contributed by atoms with Crippen LogP contribution in [-0.2, 0) is 14.8 Å². The van der Waals surface area contributed by atoms with Crippen LogP contribution in [0.25, 0.3) is 0 Å². The number of carbonyl (C=O) groups is 1. The third kappa shape index (κ3) is 5.22. The Morgan fingerprint density at radius 2 is 2.03 bits per heavy atom. The van der Waals surface area contributed by atoms with Crippen LogP contribution in [0.4, 0.5) is 8.78 Å². The summed E-state index contributed by atoms with van der Waals surface area (Å²) in [4.78, 5) is 13.8. The molecule has 1 unspecified atom stereocenters. The van der Waals surface area contributed by atoms with E-state index in [1.165, 1.54) is 17.0 Å². The molecule has 1 aromatic carbocycles. The van der Waals surface area contributed by atoms with Gasteiger partial charge in [-0.15, -0.1) is 0 Å². The van der Waals surface area contributed by atoms with Crippen LogP contribution in [0.1, 0.15) is 33.1 Å². The van der Waals surface area contributed by atoms with Gasteiger partial charge < -0.3 is 10.2 Å². The Morgan fingerprint density at radius 3 is 2.68 bits per heavy atom. The van der Waals surface area contributed by atoms with Crippen molar-refractivity contribution in [1.29, 1.82) is 5.26 Å². The molecule has 31 heavy (non-hydrogen) atoms. The zero-order chi connectivity index (χ0) is 22.8. The molecule has 0 radical (unpaired) electrons. The molecule has 7 nitrogen and oxygen atoms in total. The summed E-state index contributed by atoms with van der Waals surface area (Å²) in [5.74, 6) is -0.690. The number of halogens is 2. The Morgan fingerprint density at radius 1 is 1.35 bits per heavy atom. The molecule has 2 N–H and O–H groups in total. The predicted molar refractivity (Wildman–Crippen MR) is 111 cm³/mol. The van der Waals surface area contributed by atoms with Gasteiger partial charge in [-0.3, -0.25) is 4.79 Å². The first kappa shape index (κ1) is 23.6. The van der Waals surface area contributed by atoms with E-state index < -0.39 is 33.6 Å². The monoisotopic (exact) mass is 454 g/mol. The van der Waals surface area contributed by atoms with Gasteiger partial charge in [0.15, 0.2) is 0 Å². The lowest BCUT2D eigenvalue weighted by atomic mass is 9.86. The fourth-order valence-electron chi connectivity index (χ4n) is 4.49. The summed E-state index contributed by atoms with van der Waals surface area (Å²) in [6, 6.07) is 5.90. The van der Waals surface area contributed by atoms with E-state index in [1.807, 2.05) is 19.9 Å². The molecule has 0 spiro atoms. The Labute approximate surface area is 181 Å². The molecule has 1 aliphatic carbocycles. The van der Waals surface area contributed by atoms with E-state index in [0.29, 0.717) is 0 Å². The third-order valence-corrected chi connectivity index (χ3v) is 8.21. The van der Waals surface area contributed by atoms with Crippen LogP contribution >= 0.6 is 0 Å². The standard InChI is InChI=1S/C21H28F2N4O3S/c1-14-15(11-26-31(29,30)19-5-3-16(22)4-6-19)7-8-21(14,2)25-12-20(28)27-13-17(23)9-18(27)10-24/h3-6,14-15,17-18,25-26H,7-9,11-13H2,1-2H3/t14?,15-,17-,18-,21-/m0/s1. The van der Waals surface area contributed by atoms with Crippen LogP contribution in [-0.4, -0.2) is 56.6 Å². The van der Waals surface area contributed by atoms with Crippen LogP contribution in [0, 0.1) is 29.0 Å². The van der Waals surface area contributed by atoms with Crippen LogP contribution in [0.15, 0.2) is 29.2 Å². The highest BCUT2D eigenvalue weighted by molar-refractivity contribution is 7.89. The van der Waals surface area contributed by atoms with Gasteiger partial charge >= 0.3 is 0 Å². The highest BCUT2D eigenvalue weighted by Gasteiger charge is 2.43. The van der Waals surface area contributed by atoms with E-state index in [1.54, 1.807) is 0 Å². The van der Waals surface area contributed by atoms with E-state index in [9.17, 15) is 22.0 Å². The maximum atomic E-state index is 13.6. The zero-order valence-corrected chi connectivity index (χ0v) is 18.5. The minimum absolute atomic E-state index is 0.000232. The first-order chi connectivity index (χ1) is 14.6. The normalized spacial score (nSPS) is 31.0. The highest BCUT2D eigenvalue weighted by atomic mass is 32.2. The smallest absolute Gasteiger partial charge is 0.240 e. The van der Waals surface area contributed by atoms with Gasteiger partial charge in [0.25, 0.3) is 0 Å². The van der Waals surface area contributed by atoms with Gasteiger partial charge in [-0.2, -0.15) is 5.26 Å². The molecule has 0 bridgehead atoms. The summed E-state index contributed by atoms with van der Waals surface area (Å²) in [7, 11) is -3.74. The Kier molecular flexibility index (Phi) is 6.98. The van der Waals surface area contributed by atoms with Crippen molar-refractivity contribution in [3.63, 3.8) is 0 Å². The lowest BCUT2D eigenvalue weighted by molar-refractivity contribution is -0.130. The molecule has 1 saturated heterocycles. The van der Waals surface area contributed by atoms with Crippen LogP contribution in [0.2, 0.25) is 0 Å². The number of hydrogen-bond donors (Lipinski definition) is 2. The quantitative estimate of drug-likeness (QED) is 0.656. The summed E-state index contributed by atoms with van der Waals surface area (Å²) >= 11 is 0. The zero-order valence-electron chi connectivity index (χ0n) is 17.6. The van der Waals surface area contributed by atoms with E-state index in [-0.39, 0.29) is 48.7 Å². The molecule has 1 saturated carbocycles. The maximum Gasteiger partial charge on any atom is 0.240 e. The van der Waals surface area contributed by atoms with Crippen molar-refractivity contribution in [2.24, 2.45) is 11.8 Å². The number of sulfonamides is 1. The molecule has 10 heteroatoms. The number of likely N-dealkylation sites (tertiary alicyclic amines) is 1. The van der Waals surface area contributed by atoms with E-state index in [4.69, 9.17) is 5.26 Å². The molecule has 1 amide bonds. The molecule has 1 heterocycles. The van der Waals surface area contributed by atoms with Crippen LogP contribution in [0.3, 0.4) is 0 Å². The minimum Gasteiger partial charge on any atom is -0.323 e. The van der Waals surface area contributed by atoms with Gasteiger partial charge in [0.05, 0.1) is 24.1 Å². The second-order valence-electron chi connectivity index (χ2n) is 8.69. The molecular weight excluding hydrogens is 426 g/mol. The summed E-state index contributed by atoms with van der Waals surface area (Å²) in [6.45, 7) is 4.17. The molecule has 1 aliphatic heterocycles. The average Bonchev–Trinajstić information content (AvgIpc) is 3.25. The van der Waals surface area contributed by atoms with Crippen LogP contribution < -0.4 is 10.0 Å². The number of benzene rings is 1. The molecule has 2 aliphatic rings. The van der Waals surface area contributed by atoms with Crippen molar-refractivity contribution in [2.45, 2.75) is 55.8 Å². The van der Waals surface area contributed by atoms with Crippen molar-refractivity contribution in [3.8, 4) is 6.07 Å². The molecule has 2 fully saturated rings. The summed E-state index contributed by atoms with van der Waals surface area (Å²) in [6.07, 6.45) is 0.388. The summed E-state index contributed by atoms with van der Waals surface area (Å²) in [5, 5.41) is 12.4. The second kappa shape index (κ2) is 9.18. The molecule has 0 aromatic heterocycles. The molecule has 170 valence electrons. The lowest BCUT2D eigenvalue weighted by Crippen LogP contribution is -2.51. The van der Waals surface area contributed by atoms with Crippen LogP contribution in [0.5, 0.6) is 0 Å². The number of rotatable bonds is 7. The number of carbonyl (C=O) groups excluding carboxylic acids is 1. The number of nitrogens with one attached hydrogen (secondary N) is 2. The van der Waals surface area contributed by atoms with Gasteiger partial charge in [0.2, 0.25) is 15.9 Å². The number of hydrogen-bond acceptors (Lipinski definition) is 5. The SMILES string of the molecule is CC1[C@H](CNS(=O)(=O)c2ccc(F)cc2)CC[C@]1(C)NCC(=O)N1C[C@@H](F)C[C@H]1C#N. The van der Waals surface area contributed by atoms with Gasteiger partial charge in [-0.1, -0.05) is 6.92 Å². The first-order valence-electron chi connectivity index (χ1n) is 10.4. The van der Waals surface area contributed by atoms with Gasteiger partial charge in [-0.25, -0.2) is 21.9 Å². The molecular formula is C21H28F2N4O3S. The third-order valence-electron chi connectivity index (χ3n) is 6.77. The number of nitrogens with zero attached hydrogens (tertiary/aromatic N) is 2. The summed E-state index contributed by atoms with van der Waals surface area (Å²) < 4.78 is 54.2. The van der Waals surface area contributed by atoms with Crippen molar-refractivity contribution in [2.75, 3.05) is 19.6 Å². The van der Waals surface area contributed by atoms with Gasteiger partial charge in [0, 0.05) is 18.5 Å². The fraction of sp³-hybridized carbons (Fsp3) is 0.619. The van der Waals surface area contributed by atoms with Gasteiger partial charge in [-0.05, 0) is 55.9 Å².